The normalized spacial score (nSPS) is 22.0. The monoisotopic (exact) mass is 442 g/mol. The number of amides is 2. The van der Waals surface area contributed by atoms with Gasteiger partial charge in [-0.3, -0.25) is 9.59 Å². The Morgan fingerprint density at radius 1 is 1.13 bits per heavy atom. The Hall–Kier alpha value is -2.45. The number of carbonyl (C=O) groups is 2. The minimum atomic E-state index is -4.18. The summed E-state index contributed by atoms with van der Waals surface area (Å²) >= 11 is 0. The lowest BCUT2D eigenvalue weighted by atomic mass is 9.85. The summed E-state index contributed by atoms with van der Waals surface area (Å²) in [5.41, 5.74) is 8.24. The molecule has 2 fully saturated rings. The number of rotatable bonds is 3. The van der Waals surface area contributed by atoms with E-state index in [9.17, 15) is 22.8 Å². The number of halogens is 3. The number of nitrogens with two attached hydrogens (primary N) is 1. The Labute approximate surface area is 181 Å². The molecular formula is C22H33F3N4O2. The molecule has 1 aromatic rings. The van der Waals surface area contributed by atoms with Crippen molar-refractivity contribution in [3.63, 3.8) is 0 Å². The lowest BCUT2D eigenvalue weighted by Crippen LogP contribution is -2.49. The van der Waals surface area contributed by atoms with Gasteiger partial charge in [-0.15, -0.1) is 0 Å². The van der Waals surface area contributed by atoms with Crippen LogP contribution in [0.15, 0.2) is 12.1 Å². The number of nitrogens with zero attached hydrogens (tertiary/aromatic N) is 2. The van der Waals surface area contributed by atoms with Crippen molar-refractivity contribution in [3.05, 3.63) is 23.3 Å². The summed E-state index contributed by atoms with van der Waals surface area (Å²) in [4.78, 5) is 28.5. The Balaban J connectivity index is 0.00000166. The Kier molecular flexibility index (Phi) is 8.20. The molecule has 0 bridgehead atoms. The Bertz CT molecular complexity index is 790. The highest BCUT2D eigenvalue weighted by Crippen LogP contribution is 2.37. The smallest absolute Gasteiger partial charge is 0.391 e. The maximum absolute atomic E-state index is 13.0. The second-order valence-corrected chi connectivity index (χ2v) is 8.03. The highest BCUT2D eigenvalue weighted by molar-refractivity contribution is 6.02. The quantitative estimate of drug-likeness (QED) is 0.699. The van der Waals surface area contributed by atoms with Gasteiger partial charge in [0, 0.05) is 31.9 Å². The number of hydrogen-bond acceptors (Lipinski definition) is 4. The molecule has 3 rings (SSSR count). The average molecular weight is 443 g/mol. The first-order valence-corrected chi connectivity index (χ1v) is 10.8. The van der Waals surface area contributed by atoms with Crippen molar-refractivity contribution in [2.24, 2.45) is 5.92 Å². The molecule has 1 aliphatic carbocycles. The summed E-state index contributed by atoms with van der Waals surface area (Å²) in [6.45, 7) is 7.13. The molecule has 0 unspecified atom stereocenters. The van der Waals surface area contributed by atoms with Crippen LogP contribution in [-0.4, -0.2) is 55.6 Å². The Morgan fingerprint density at radius 2 is 1.74 bits per heavy atom. The zero-order valence-corrected chi connectivity index (χ0v) is 18.7. The van der Waals surface area contributed by atoms with Crippen LogP contribution in [0.1, 0.15) is 55.5 Å². The van der Waals surface area contributed by atoms with E-state index in [1.165, 1.54) is 0 Å². The van der Waals surface area contributed by atoms with Crippen LogP contribution < -0.4 is 16.0 Å². The molecule has 2 amide bonds. The number of piperazine rings is 1. The molecule has 9 heteroatoms. The predicted molar refractivity (Wildman–Crippen MR) is 116 cm³/mol. The molecule has 1 aliphatic heterocycles. The van der Waals surface area contributed by atoms with Gasteiger partial charge in [0.1, 0.15) is 0 Å². The van der Waals surface area contributed by atoms with Crippen LogP contribution in [-0.2, 0) is 4.79 Å². The number of nitrogen functional groups attached to an aromatic ring is 1. The molecule has 0 aromatic heterocycles. The van der Waals surface area contributed by atoms with Crippen LogP contribution in [0.3, 0.4) is 0 Å². The number of likely N-dealkylation sites (N-methyl/N-ethyl adjacent to an activating group) is 1. The zero-order chi connectivity index (χ0) is 23.3. The van der Waals surface area contributed by atoms with E-state index in [0.717, 1.165) is 5.56 Å². The second kappa shape index (κ2) is 10.2. The lowest BCUT2D eigenvalue weighted by molar-refractivity contribution is -0.182. The summed E-state index contributed by atoms with van der Waals surface area (Å²) in [5, 5.41) is 2.87. The van der Waals surface area contributed by atoms with Gasteiger partial charge in [0.15, 0.2) is 0 Å². The molecule has 6 nitrogen and oxygen atoms in total. The molecular weight excluding hydrogens is 409 g/mol. The van der Waals surface area contributed by atoms with Gasteiger partial charge in [0.25, 0.3) is 5.91 Å². The number of carbonyl (C=O) groups excluding carboxylic acids is 2. The number of hydrogen-bond donors (Lipinski definition) is 2. The fourth-order valence-corrected chi connectivity index (χ4v) is 3.95. The second-order valence-electron chi connectivity index (χ2n) is 8.03. The fraction of sp³-hybridized carbons (Fsp3) is 0.636. The number of nitrogens with one attached hydrogen (secondary N) is 1. The first kappa shape index (κ1) is 24.8. The molecule has 1 heterocycles. The number of alkyl halides is 3. The van der Waals surface area contributed by atoms with Crippen molar-refractivity contribution in [1.29, 1.82) is 0 Å². The summed E-state index contributed by atoms with van der Waals surface area (Å²) in [6.07, 6.45) is -3.56. The molecule has 0 spiro atoms. The van der Waals surface area contributed by atoms with E-state index in [2.05, 4.69) is 5.32 Å². The third kappa shape index (κ3) is 6.04. The van der Waals surface area contributed by atoms with E-state index in [4.69, 9.17) is 5.73 Å². The number of benzene rings is 1. The summed E-state index contributed by atoms with van der Waals surface area (Å²) < 4.78 is 38.6. The Morgan fingerprint density at radius 3 is 2.29 bits per heavy atom. The molecule has 2 aliphatic rings. The van der Waals surface area contributed by atoms with Gasteiger partial charge in [-0.1, -0.05) is 13.8 Å². The standard InChI is InChI=1S/C20H27F3N4O2.C2H6/c1-12-9-17(27-8-7-26(2)18(28)11-27)15(10-16(12)24)19(29)25-14-5-3-13(4-6-14)20(21,22)23;1-2/h9-10,13-14H,3-8,11,24H2,1-2H3,(H,25,29);1-2H3. The van der Waals surface area contributed by atoms with E-state index in [1.807, 2.05) is 25.7 Å². The molecule has 0 atom stereocenters. The predicted octanol–water partition coefficient (Wildman–Crippen LogP) is 3.73. The van der Waals surface area contributed by atoms with Crippen molar-refractivity contribution in [2.75, 3.05) is 37.3 Å². The fourth-order valence-electron chi connectivity index (χ4n) is 3.95. The summed E-state index contributed by atoms with van der Waals surface area (Å²) in [6, 6.07) is 3.08. The van der Waals surface area contributed by atoms with Crippen LogP contribution >= 0.6 is 0 Å². The van der Waals surface area contributed by atoms with Gasteiger partial charge in [-0.2, -0.15) is 13.2 Å². The molecule has 1 saturated heterocycles. The molecule has 1 aromatic carbocycles. The van der Waals surface area contributed by atoms with Crippen molar-refractivity contribution in [2.45, 2.75) is 58.7 Å². The van der Waals surface area contributed by atoms with E-state index in [1.54, 1.807) is 24.1 Å². The maximum Gasteiger partial charge on any atom is 0.391 e. The van der Waals surface area contributed by atoms with Gasteiger partial charge in [-0.05, 0) is 50.3 Å². The van der Waals surface area contributed by atoms with Crippen LogP contribution in [0.2, 0.25) is 0 Å². The van der Waals surface area contributed by atoms with E-state index in [-0.39, 0.29) is 37.2 Å². The zero-order valence-electron chi connectivity index (χ0n) is 18.7. The van der Waals surface area contributed by atoms with Crippen molar-refractivity contribution >= 4 is 23.2 Å². The van der Waals surface area contributed by atoms with Gasteiger partial charge >= 0.3 is 6.18 Å². The maximum atomic E-state index is 13.0. The van der Waals surface area contributed by atoms with Crippen LogP contribution in [0, 0.1) is 12.8 Å². The highest BCUT2D eigenvalue weighted by atomic mass is 19.4. The molecule has 31 heavy (non-hydrogen) atoms. The molecule has 174 valence electrons. The first-order chi connectivity index (χ1) is 14.6. The molecule has 1 saturated carbocycles. The van der Waals surface area contributed by atoms with Gasteiger partial charge < -0.3 is 20.9 Å². The van der Waals surface area contributed by atoms with Crippen molar-refractivity contribution in [1.82, 2.24) is 10.2 Å². The van der Waals surface area contributed by atoms with Crippen molar-refractivity contribution < 1.29 is 22.8 Å². The van der Waals surface area contributed by atoms with E-state index >= 15 is 0 Å². The minimum absolute atomic E-state index is 0.0182. The molecule has 3 N–H and O–H groups in total. The lowest BCUT2D eigenvalue weighted by Gasteiger charge is -2.35. The summed E-state index contributed by atoms with van der Waals surface area (Å²) in [5.74, 6) is -1.70. The molecule has 0 radical (unpaired) electrons. The van der Waals surface area contributed by atoms with Crippen LogP contribution in [0.5, 0.6) is 0 Å². The van der Waals surface area contributed by atoms with Crippen LogP contribution in [0.4, 0.5) is 24.5 Å². The van der Waals surface area contributed by atoms with Crippen LogP contribution in [0.25, 0.3) is 0 Å². The number of aryl methyl sites for hydroxylation is 1. The third-order valence-electron chi connectivity index (χ3n) is 5.95. The highest BCUT2D eigenvalue weighted by Gasteiger charge is 2.41. The largest absolute Gasteiger partial charge is 0.398 e. The minimum Gasteiger partial charge on any atom is -0.398 e. The third-order valence-corrected chi connectivity index (χ3v) is 5.95. The van der Waals surface area contributed by atoms with Gasteiger partial charge in [0.2, 0.25) is 5.91 Å². The SMILES string of the molecule is CC.Cc1cc(N2CCN(C)C(=O)C2)c(C(=O)NC2CCC(C(F)(F)F)CC2)cc1N. The summed E-state index contributed by atoms with van der Waals surface area (Å²) in [7, 11) is 1.73. The average Bonchev–Trinajstić information content (AvgIpc) is 2.73. The van der Waals surface area contributed by atoms with Crippen molar-refractivity contribution in [3.8, 4) is 0 Å². The van der Waals surface area contributed by atoms with E-state index < -0.39 is 12.1 Å². The topological polar surface area (TPSA) is 78.7 Å². The van der Waals surface area contributed by atoms with Gasteiger partial charge in [0.05, 0.1) is 23.7 Å². The van der Waals surface area contributed by atoms with Gasteiger partial charge in [-0.25, -0.2) is 0 Å². The first-order valence-electron chi connectivity index (χ1n) is 10.8. The number of anilines is 2. The van der Waals surface area contributed by atoms with E-state index in [0.29, 0.717) is 42.9 Å².